The van der Waals surface area contributed by atoms with Crippen molar-refractivity contribution in [3.8, 4) is 0 Å². The zero-order chi connectivity index (χ0) is 14.8. The molecule has 0 bridgehead atoms. The minimum atomic E-state index is -0.129. The van der Waals surface area contributed by atoms with Crippen molar-refractivity contribution in [2.45, 2.75) is 26.7 Å². The Bertz CT molecular complexity index is 556. The molecule has 0 atom stereocenters. The maximum Gasteiger partial charge on any atom is 0.200 e. The van der Waals surface area contributed by atoms with Crippen LogP contribution in [-0.2, 0) is 9.53 Å². The summed E-state index contributed by atoms with van der Waals surface area (Å²) in [5.41, 5.74) is 0.567. The lowest BCUT2D eigenvalue weighted by molar-refractivity contribution is -0.121. The molecule has 20 heavy (non-hydrogen) atoms. The van der Waals surface area contributed by atoms with E-state index in [0.29, 0.717) is 17.7 Å². The van der Waals surface area contributed by atoms with Crippen LogP contribution in [0.2, 0.25) is 0 Å². The predicted molar refractivity (Wildman–Crippen MR) is 80.5 cm³/mol. The maximum absolute atomic E-state index is 12.0. The van der Waals surface area contributed by atoms with E-state index in [1.165, 1.54) is 0 Å². The zero-order valence-electron chi connectivity index (χ0n) is 11.6. The summed E-state index contributed by atoms with van der Waals surface area (Å²) < 4.78 is 6.30. The molecule has 1 aliphatic rings. The summed E-state index contributed by atoms with van der Waals surface area (Å²) in [6.45, 7) is 4.00. The summed E-state index contributed by atoms with van der Waals surface area (Å²) in [5.74, 6) is 0.177. The van der Waals surface area contributed by atoms with Crippen molar-refractivity contribution in [3.63, 3.8) is 0 Å². The van der Waals surface area contributed by atoms with E-state index in [2.05, 4.69) is 15.9 Å². The Hall–Kier alpha value is -1.42. The zero-order valence-corrected chi connectivity index (χ0v) is 13.2. The first kappa shape index (κ1) is 15.0. The number of hydrogen-bond acceptors (Lipinski definition) is 3. The molecule has 1 aromatic rings. The third-order valence-electron chi connectivity index (χ3n) is 3.28. The van der Waals surface area contributed by atoms with Gasteiger partial charge in [-0.1, -0.05) is 41.9 Å². The molecule has 0 unspecified atom stereocenters. The highest BCUT2D eigenvalue weighted by molar-refractivity contribution is 9.10. The molecule has 0 amide bonds. The molecule has 0 saturated carbocycles. The molecule has 0 fully saturated rings. The lowest BCUT2D eigenvalue weighted by Gasteiger charge is -2.27. The van der Waals surface area contributed by atoms with Crippen LogP contribution in [0, 0.1) is 5.41 Å². The van der Waals surface area contributed by atoms with Gasteiger partial charge >= 0.3 is 0 Å². The van der Waals surface area contributed by atoms with Gasteiger partial charge in [0.25, 0.3) is 0 Å². The smallest absolute Gasteiger partial charge is 0.200 e. The molecule has 1 aliphatic carbocycles. The molecule has 106 valence electrons. The molecule has 0 radical (unpaired) electrons. The summed E-state index contributed by atoms with van der Waals surface area (Å²) in [6.07, 6.45) is 3.05. The average molecular weight is 337 g/mol. The van der Waals surface area contributed by atoms with Gasteiger partial charge in [0.05, 0.1) is 0 Å². The number of ether oxygens (including phenoxy) is 1. The van der Waals surface area contributed by atoms with Crippen molar-refractivity contribution < 1.29 is 14.3 Å². The van der Waals surface area contributed by atoms with Crippen molar-refractivity contribution >= 4 is 27.5 Å². The second kappa shape index (κ2) is 5.92. The summed E-state index contributed by atoms with van der Waals surface area (Å²) >= 11 is 3.32. The molecule has 2 rings (SSSR count). The number of halogens is 1. The molecule has 0 heterocycles. The Balaban J connectivity index is 1.96. The quantitative estimate of drug-likeness (QED) is 0.782. The van der Waals surface area contributed by atoms with Gasteiger partial charge in [0.15, 0.2) is 23.9 Å². The predicted octanol–water partition coefficient (Wildman–Crippen LogP) is 3.92. The van der Waals surface area contributed by atoms with Crippen molar-refractivity contribution in [2.24, 2.45) is 5.41 Å². The third-order valence-corrected chi connectivity index (χ3v) is 3.81. The second-order valence-electron chi connectivity index (χ2n) is 5.76. The van der Waals surface area contributed by atoms with Crippen molar-refractivity contribution in [2.75, 3.05) is 6.61 Å². The van der Waals surface area contributed by atoms with Crippen LogP contribution in [0.4, 0.5) is 0 Å². The number of carbonyl (C=O) groups excluding carboxylic acids is 2. The second-order valence-corrected chi connectivity index (χ2v) is 6.67. The summed E-state index contributed by atoms with van der Waals surface area (Å²) in [5, 5.41) is 0. The molecule has 0 spiro atoms. The van der Waals surface area contributed by atoms with Crippen LogP contribution in [0.5, 0.6) is 0 Å². The molecule has 3 nitrogen and oxygen atoms in total. The number of ketones is 2. The number of carbonyl (C=O) groups is 2. The number of hydrogen-bond donors (Lipinski definition) is 0. The molecule has 4 heteroatoms. The van der Waals surface area contributed by atoms with Gasteiger partial charge < -0.3 is 4.74 Å². The van der Waals surface area contributed by atoms with E-state index in [9.17, 15) is 9.59 Å². The van der Waals surface area contributed by atoms with E-state index in [4.69, 9.17) is 4.74 Å². The minimum Gasteiger partial charge on any atom is -0.482 e. The molecule has 1 aromatic carbocycles. The number of rotatable bonds is 4. The number of benzene rings is 1. The van der Waals surface area contributed by atoms with Crippen LogP contribution >= 0.6 is 15.9 Å². The van der Waals surface area contributed by atoms with Crippen LogP contribution in [0.25, 0.3) is 0 Å². The standard InChI is InChI=1S/C16H17BrO3/c1-16(2)8-7-15(13(18)9-16)20-10-14(19)11-3-5-12(17)6-4-11/h3-7H,8-10H2,1-2H3. The van der Waals surface area contributed by atoms with E-state index < -0.39 is 0 Å². The molecule has 0 aromatic heterocycles. The van der Waals surface area contributed by atoms with Gasteiger partial charge in [0.1, 0.15) is 0 Å². The highest BCUT2D eigenvalue weighted by Gasteiger charge is 2.29. The summed E-state index contributed by atoms with van der Waals surface area (Å²) in [7, 11) is 0. The van der Waals surface area contributed by atoms with E-state index >= 15 is 0 Å². The number of Topliss-reactive ketones (excluding diaryl/α,β-unsaturated/α-hetero) is 2. The minimum absolute atomic E-state index is 0.0142. The van der Waals surface area contributed by atoms with Gasteiger partial charge in [-0.2, -0.15) is 0 Å². The Morgan fingerprint density at radius 3 is 2.55 bits per heavy atom. The van der Waals surface area contributed by atoms with Gasteiger partial charge in [0.2, 0.25) is 0 Å². The highest BCUT2D eigenvalue weighted by atomic mass is 79.9. The Kier molecular flexibility index (Phi) is 4.43. The van der Waals surface area contributed by atoms with E-state index in [1.807, 2.05) is 13.8 Å². The number of allylic oxidation sites excluding steroid dienone is 2. The van der Waals surface area contributed by atoms with Crippen LogP contribution in [-0.4, -0.2) is 18.2 Å². The molecular weight excluding hydrogens is 320 g/mol. The fourth-order valence-electron chi connectivity index (χ4n) is 2.08. The summed E-state index contributed by atoms with van der Waals surface area (Å²) in [6, 6.07) is 7.08. The molecule has 0 aliphatic heterocycles. The first-order valence-electron chi connectivity index (χ1n) is 6.52. The van der Waals surface area contributed by atoms with E-state index in [0.717, 1.165) is 10.9 Å². The maximum atomic E-state index is 12.0. The van der Waals surface area contributed by atoms with Crippen LogP contribution in [0.15, 0.2) is 40.6 Å². The van der Waals surface area contributed by atoms with Gasteiger partial charge in [-0.25, -0.2) is 0 Å². The first-order valence-corrected chi connectivity index (χ1v) is 7.32. The lowest BCUT2D eigenvalue weighted by Crippen LogP contribution is -2.24. The SMILES string of the molecule is CC1(C)CC=C(OCC(=O)c2ccc(Br)cc2)C(=O)C1. The fraction of sp³-hybridized carbons (Fsp3) is 0.375. The van der Waals surface area contributed by atoms with Crippen LogP contribution < -0.4 is 0 Å². The molecule has 0 N–H and O–H groups in total. The normalized spacial score (nSPS) is 17.6. The Morgan fingerprint density at radius 2 is 1.95 bits per heavy atom. The van der Waals surface area contributed by atoms with Crippen LogP contribution in [0.3, 0.4) is 0 Å². The first-order chi connectivity index (χ1) is 9.37. The monoisotopic (exact) mass is 336 g/mol. The van der Waals surface area contributed by atoms with Crippen molar-refractivity contribution in [1.29, 1.82) is 0 Å². The Morgan fingerprint density at radius 1 is 1.30 bits per heavy atom. The molecular formula is C16H17BrO3. The largest absolute Gasteiger partial charge is 0.482 e. The highest BCUT2D eigenvalue weighted by Crippen LogP contribution is 2.32. The average Bonchev–Trinajstić information content (AvgIpc) is 2.37. The van der Waals surface area contributed by atoms with E-state index in [-0.39, 0.29) is 23.6 Å². The van der Waals surface area contributed by atoms with Gasteiger partial charge in [-0.3, -0.25) is 9.59 Å². The third kappa shape index (κ3) is 3.79. The summed E-state index contributed by atoms with van der Waals surface area (Å²) in [4.78, 5) is 23.8. The fourth-order valence-corrected chi connectivity index (χ4v) is 2.34. The van der Waals surface area contributed by atoms with E-state index in [1.54, 1.807) is 30.3 Å². The Labute approximate surface area is 127 Å². The molecule has 0 saturated heterocycles. The van der Waals surface area contributed by atoms with Gasteiger partial charge in [0, 0.05) is 16.5 Å². The van der Waals surface area contributed by atoms with Gasteiger partial charge in [-0.15, -0.1) is 0 Å². The van der Waals surface area contributed by atoms with Gasteiger partial charge in [-0.05, 0) is 30.0 Å². The topological polar surface area (TPSA) is 43.4 Å². The van der Waals surface area contributed by atoms with Crippen LogP contribution in [0.1, 0.15) is 37.0 Å². The van der Waals surface area contributed by atoms with Crippen molar-refractivity contribution in [1.82, 2.24) is 0 Å². The van der Waals surface area contributed by atoms with Crippen molar-refractivity contribution in [3.05, 3.63) is 46.1 Å². The lowest BCUT2D eigenvalue weighted by atomic mass is 9.80.